The molecule has 13 rings (SSSR count). The Hall–Kier alpha value is -9.30. The van der Waals surface area contributed by atoms with Gasteiger partial charge in [-0.1, -0.05) is 244 Å². The van der Waals surface area contributed by atoms with Gasteiger partial charge < -0.3 is 4.90 Å². The topological polar surface area (TPSA) is 3.24 Å². The zero-order chi connectivity index (χ0) is 48.2. The van der Waals surface area contributed by atoms with E-state index in [1.54, 1.807) is 0 Å². The van der Waals surface area contributed by atoms with Crippen molar-refractivity contribution in [2.24, 2.45) is 0 Å². The molecular weight excluding hydrogens is 867 g/mol. The first-order valence-corrected chi connectivity index (χ1v) is 24.8. The average molecular weight is 916 g/mol. The molecule has 0 amide bonds. The molecule has 0 saturated heterocycles. The van der Waals surface area contributed by atoms with E-state index < -0.39 is 5.41 Å². The van der Waals surface area contributed by atoms with Crippen LogP contribution in [-0.4, -0.2) is 0 Å². The Balaban J connectivity index is 1.03. The Morgan fingerprint density at radius 3 is 1.44 bits per heavy atom. The number of rotatable bonds is 10. The minimum absolute atomic E-state index is 0.638. The average Bonchev–Trinajstić information content (AvgIpc) is 3.75. The lowest BCUT2D eigenvalue weighted by Gasteiger charge is -2.35. The molecule has 0 fully saturated rings. The van der Waals surface area contributed by atoms with E-state index in [9.17, 15) is 0 Å². The third kappa shape index (κ3) is 6.70. The highest BCUT2D eigenvalue weighted by atomic mass is 15.1. The molecule has 0 N–H and O–H groups in total. The van der Waals surface area contributed by atoms with Crippen molar-refractivity contribution in [1.82, 2.24) is 0 Å². The van der Waals surface area contributed by atoms with Gasteiger partial charge in [0, 0.05) is 17.1 Å². The van der Waals surface area contributed by atoms with E-state index in [2.05, 4.69) is 279 Å². The van der Waals surface area contributed by atoms with Gasteiger partial charge in [0.2, 0.25) is 0 Å². The van der Waals surface area contributed by atoms with Gasteiger partial charge in [-0.3, -0.25) is 0 Å². The van der Waals surface area contributed by atoms with Gasteiger partial charge >= 0.3 is 0 Å². The number of hydrogen-bond acceptors (Lipinski definition) is 1. The van der Waals surface area contributed by atoms with Gasteiger partial charge in [0.05, 0.1) is 5.41 Å². The van der Waals surface area contributed by atoms with Crippen molar-refractivity contribution in [3.05, 3.63) is 308 Å². The molecule has 338 valence electrons. The van der Waals surface area contributed by atoms with Crippen LogP contribution in [0.2, 0.25) is 0 Å². The molecule has 0 bridgehead atoms. The van der Waals surface area contributed by atoms with Gasteiger partial charge in [-0.25, -0.2) is 0 Å². The zero-order valence-electron chi connectivity index (χ0n) is 39.8. The molecule has 1 nitrogen and oxygen atoms in total. The van der Waals surface area contributed by atoms with Crippen LogP contribution in [0.1, 0.15) is 16.7 Å². The molecule has 72 heavy (non-hydrogen) atoms. The molecule has 1 aliphatic carbocycles. The van der Waals surface area contributed by atoms with Crippen LogP contribution in [0.25, 0.3) is 87.6 Å². The fourth-order valence-corrected chi connectivity index (χ4v) is 12.0. The summed E-state index contributed by atoms with van der Waals surface area (Å²) >= 11 is 0. The summed E-state index contributed by atoms with van der Waals surface area (Å²) in [6.45, 7) is 8.62. The summed E-state index contributed by atoms with van der Waals surface area (Å²) in [5.41, 5.74) is 16.9. The van der Waals surface area contributed by atoms with Crippen molar-refractivity contribution in [1.29, 1.82) is 0 Å². The van der Waals surface area contributed by atoms with Gasteiger partial charge in [0.25, 0.3) is 0 Å². The van der Waals surface area contributed by atoms with Crippen LogP contribution >= 0.6 is 0 Å². The molecule has 0 aromatic heterocycles. The van der Waals surface area contributed by atoms with E-state index in [1.807, 2.05) is 12.2 Å². The van der Waals surface area contributed by atoms with E-state index in [0.717, 1.165) is 28.2 Å². The van der Waals surface area contributed by atoms with Crippen LogP contribution in [0.4, 0.5) is 17.1 Å². The summed E-state index contributed by atoms with van der Waals surface area (Å²) in [5.74, 6) is 0. The largest absolute Gasteiger partial charge is 0.310 e. The summed E-state index contributed by atoms with van der Waals surface area (Å²) < 4.78 is 0. The van der Waals surface area contributed by atoms with Crippen molar-refractivity contribution in [2.45, 2.75) is 5.41 Å². The van der Waals surface area contributed by atoms with Gasteiger partial charge in [0.15, 0.2) is 0 Å². The Morgan fingerprint density at radius 1 is 0.347 bits per heavy atom. The summed E-state index contributed by atoms with van der Waals surface area (Å²) in [7, 11) is 0. The molecule has 12 aromatic rings. The van der Waals surface area contributed by atoms with Crippen molar-refractivity contribution >= 4 is 60.2 Å². The second kappa shape index (κ2) is 17.6. The highest BCUT2D eigenvalue weighted by molar-refractivity contribution is 6.21. The second-order valence-corrected chi connectivity index (χ2v) is 18.8. The molecular formula is C71H49N. The first-order valence-electron chi connectivity index (χ1n) is 24.8. The van der Waals surface area contributed by atoms with Crippen molar-refractivity contribution in [3.63, 3.8) is 0 Å². The van der Waals surface area contributed by atoms with Gasteiger partial charge in [-0.15, -0.1) is 0 Å². The fraction of sp³-hybridized carbons (Fsp3) is 0.0141. The lowest BCUT2D eigenvalue weighted by molar-refractivity contribution is 0.767. The molecule has 12 aromatic carbocycles. The summed E-state index contributed by atoms with van der Waals surface area (Å²) in [6.07, 6.45) is 6.03. The minimum atomic E-state index is -0.638. The Morgan fingerprint density at radius 2 is 0.819 bits per heavy atom. The molecule has 1 aliphatic rings. The van der Waals surface area contributed by atoms with Crippen LogP contribution in [0.15, 0.2) is 292 Å². The van der Waals surface area contributed by atoms with Crippen LogP contribution < -0.4 is 4.90 Å². The predicted molar refractivity (Wildman–Crippen MR) is 308 cm³/mol. The Labute approximate surface area is 421 Å². The minimum Gasteiger partial charge on any atom is -0.310 e. The molecule has 0 aliphatic heterocycles. The summed E-state index contributed by atoms with van der Waals surface area (Å²) in [5, 5.41) is 9.99. The molecule has 0 heterocycles. The van der Waals surface area contributed by atoms with E-state index in [0.29, 0.717) is 0 Å². The molecule has 1 heteroatoms. The summed E-state index contributed by atoms with van der Waals surface area (Å²) in [6, 6.07) is 93.6. The van der Waals surface area contributed by atoms with E-state index >= 15 is 0 Å². The SMILES string of the molecule is C=C/C=C(\C=C)C1(c2ccccc2)c2ccccc2-c2ccc(N(c3ccc(-c4cc5ccccc5c5ccccc45)cc3)c3ccc(-c4c(-c5ccccc5)c5ccccc5c5ccccc45)cc3)cc21. The maximum absolute atomic E-state index is 4.43. The Kier molecular flexibility index (Phi) is 10.4. The number of benzene rings is 12. The van der Waals surface area contributed by atoms with Crippen LogP contribution in [0.5, 0.6) is 0 Å². The first kappa shape index (κ1) is 42.8. The molecule has 1 unspecified atom stereocenters. The van der Waals surface area contributed by atoms with E-state index in [-0.39, 0.29) is 0 Å². The van der Waals surface area contributed by atoms with Crippen LogP contribution in [0.3, 0.4) is 0 Å². The molecule has 0 spiro atoms. The lowest BCUT2D eigenvalue weighted by atomic mass is 9.67. The van der Waals surface area contributed by atoms with Crippen molar-refractivity contribution in [3.8, 4) is 44.5 Å². The number of nitrogens with zero attached hydrogens (tertiary/aromatic N) is 1. The molecule has 0 radical (unpaired) electrons. The number of allylic oxidation sites excluding steroid dienone is 4. The predicted octanol–water partition coefficient (Wildman–Crippen LogP) is 19.4. The monoisotopic (exact) mass is 915 g/mol. The standard InChI is InChI=1S/C71H49N/c1-3-21-52(4-2)71(53-25-9-6-10-26-53)67-35-20-19-32-62(67)63-45-44-56(47-68(63)71)72(54-40-36-48(37-41-54)66-46-51-24-11-12-27-57(51)58-28-13-14-31-61(58)66)55-42-38-50(39-43-55)70-65-34-18-16-30-60(65)59-29-15-17-33-64(59)69(70)49-22-7-5-8-23-49/h3-47H,1-2H2/b52-21+. The van der Waals surface area contributed by atoms with E-state index in [1.165, 1.54) is 98.7 Å². The maximum Gasteiger partial charge on any atom is 0.0714 e. The molecule has 1 atom stereocenters. The number of anilines is 3. The van der Waals surface area contributed by atoms with Crippen LogP contribution in [0, 0.1) is 0 Å². The zero-order valence-corrected chi connectivity index (χ0v) is 39.8. The van der Waals surface area contributed by atoms with Crippen LogP contribution in [-0.2, 0) is 5.41 Å². The maximum atomic E-state index is 4.43. The van der Waals surface area contributed by atoms with Gasteiger partial charge in [-0.05, 0) is 152 Å². The normalized spacial score (nSPS) is 14.1. The van der Waals surface area contributed by atoms with Crippen molar-refractivity contribution in [2.75, 3.05) is 4.90 Å². The highest BCUT2D eigenvalue weighted by Gasteiger charge is 2.46. The van der Waals surface area contributed by atoms with Gasteiger partial charge in [0.1, 0.15) is 0 Å². The first-order chi connectivity index (χ1) is 35.6. The third-order valence-electron chi connectivity index (χ3n) is 15.1. The fourth-order valence-electron chi connectivity index (χ4n) is 12.0. The second-order valence-electron chi connectivity index (χ2n) is 18.8. The quantitative estimate of drug-likeness (QED) is 0.0976. The number of hydrogen-bond donors (Lipinski definition) is 0. The van der Waals surface area contributed by atoms with Gasteiger partial charge in [-0.2, -0.15) is 0 Å². The smallest absolute Gasteiger partial charge is 0.0714 e. The summed E-state index contributed by atoms with van der Waals surface area (Å²) in [4.78, 5) is 2.42. The van der Waals surface area contributed by atoms with Crippen molar-refractivity contribution < 1.29 is 0 Å². The molecule has 0 saturated carbocycles. The van der Waals surface area contributed by atoms with E-state index in [4.69, 9.17) is 0 Å². The number of fused-ring (bicyclic) bond motifs is 9. The third-order valence-corrected chi connectivity index (χ3v) is 15.1. The highest BCUT2D eigenvalue weighted by Crippen LogP contribution is 2.58. The Bertz CT molecular complexity index is 4110. The lowest BCUT2D eigenvalue weighted by Crippen LogP contribution is -2.29.